The summed E-state index contributed by atoms with van der Waals surface area (Å²) in [5.41, 5.74) is 5.51. The predicted octanol–water partition coefficient (Wildman–Crippen LogP) is 2.94. The number of nitrogens with zero attached hydrogens (tertiary/aromatic N) is 4. The lowest BCUT2D eigenvalue weighted by Crippen LogP contribution is -2.15. The van der Waals surface area contributed by atoms with Gasteiger partial charge in [0.2, 0.25) is 5.91 Å². The highest BCUT2D eigenvalue weighted by Gasteiger charge is 2.12. The van der Waals surface area contributed by atoms with E-state index in [0.29, 0.717) is 12.2 Å². The van der Waals surface area contributed by atoms with E-state index in [1.165, 1.54) is 24.0 Å². The third-order valence-electron chi connectivity index (χ3n) is 4.80. The van der Waals surface area contributed by atoms with Gasteiger partial charge in [-0.3, -0.25) is 4.79 Å². The first-order valence-corrected chi connectivity index (χ1v) is 8.92. The largest absolute Gasteiger partial charge is 0.326 e. The number of benzene rings is 2. The number of anilines is 1. The van der Waals surface area contributed by atoms with Crippen molar-refractivity contribution in [3.05, 3.63) is 59.2 Å². The molecule has 0 fully saturated rings. The second kappa shape index (κ2) is 7.07. The number of hydrogen-bond donors (Lipinski definition) is 1. The van der Waals surface area contributed by atoms with Crippen LogP contribution in [0, 0.1) is 0 Å². The molecule has 2 aromatic carbocycles. The second-order valence-electron chi connectivity index (χ2n) is 6.74. The van der Waals surface area contributed by atoms with E-state index in [2.05, 4.69) is 39.0 Å². The Hall–Kier alpha value is -3.02. The number of aryl methyl sites for hydroxylation is 3. The van der Waals surface area contributed by atoms with Gasteiger partial charge in [-0.1, -0.05) is 30.3 Å². The molecule has 132 valence electrons. The smallest absolute Gasteiger partial charge is 0.228 e. The van der Waals surface area contributed by atoms with Crippen LogP contribution < -0.4 is 5.32 Å². The van der Waals surface area contributed by atoms with Gasteiger partial charge in [-0.2, -0.15) is 0 Å². The molecule has 26 heavy (non-hydrogen) atoms. The van der Waals surface area contributed by atoms with Crippen LogP contribution in [0.5, 0.6) is 0 Å². The molecule has 0 spiro atoms. The molecule has 0 atom stereocenters. The van der Waals surface area contributed by atoms with Crippen LogP contribution in [0.4, 0.5) is 5.69 Å². The van der Waals surface area contributed by atoms with Crippen molar-refractivity contribution >= 4 is 11.6 Å². The molecule has 1 heterocycles. The van der Waals surface area contributed by atoms with Crippen molar-refractivity contribution < 1.29 is 4.79 Å². The van der Waals surface area contributed by atoms with Crippen LogP contribution in [0.15, 0.2) is 42.5 Å². The Morgan fingerprint density at radius 1 is 1.12 bits per heavy atom. The highest BCUT2D eigenvalue weighted by molar-refractivity contribution is 5.92. The lowest BCUT2D eigenvalue weighted by atomic mass is 9.90. The van der Waals surface area contributed by atoms with E-state index in [1.54, 1.807) is 11.7 Å². The number of rotatable bonds is 4. The van der Waals surface area contributed by atoms with Crippen molar-refractivity contribution in [1.29, 1.82) is 0 Å². The summed E-state index contributed by atoms with van der Waals surface area (Å²) >= 11 is 0. The Balaban J connectivity index is 1.46. The van der Waals surface area contributed by atoms with Gasteiger partial charge in [0, 0.05) is 18.3 Å². The molecule has 6 nitrogen and oxygen atoms in total. The Morgan fingerprint density at radius 3 is 2.77 bits per heavy atom. The number of amides is 1. The zero-order valence-electron chi connectivity index (χ0n) is 14.8. The van der Waals surface area contributed by atoms with Crippen LogP contribution in [0.1, 0.15) is 29.5 Å². The molecule has 1 aromatic heterocycles. The summed E-state index contributed by atoms with van der Waals surface area (Å²) in [6.45, 7) is 0. The molecule has 4 rings (SSSR count). The van der Waals surface area contributed by atoms with Crippen LogP contribution in [0.2, 0.25) is 0 Å². The molecule has 1 N–H and O–H groups in total. The van der Waals surface area contributed by atoms with Crippen LogP contribution in [-0.2, 0) is 31.1 Å². The molecule has 0 radical (unpaired) electrons. The fraction of sp³-hybridized carbons (Fsp3) is 0.300. The molecule has 3 aromatic rings. The molecule has 1 amide bonds. The second-order valence-corrected chi connectivity index (χ2v) is 6.74. The first kappa shape index (κ1) is 16.4. The minimum absolute atomic E-state index is 0.0194. The Labute approximate surface area is 152 Å². The van der Waals surface area contributed by atoms with Crippen LogP contribution in [0.3, 0.4) is 0 Å². The summed E-state index contributed by atoms with van der Waals surface area (Å²) in [5, 5.41) is 14.5. The van der Waals surface area contributed by atoms with Crippen molar-refractivity contribution in [2.24, 2.45) is 7.05 Å². The number of fused-ring (bicyclic) bond motifs is 1. The van der Waals surface area contributed by atoms with E-state index in [-0.39, 0.29) is 5.91 Å². The van der Waals surface area contributed by atoms with Crippen molar-refractivity contribution in [3.63, 3.8) is 0 Å². The van der Waals surface area contributed by atoms with E-state index in [4.69, 9.17) is 0 Å². The van der Waals surface area contributed by atoms with Gasteiger partial charge in [0.1, 0.15) is 0 Å². The van der Waals surface area contributed by atoms with Gasteiger partial charge in [0.25, 0.3) is 0 Å². The van der Waals surface area contributed by atoms with Gasteiger partial charge in [0.05, 0.1) is 6.42 Å². The number of aromatic nitrogens is 4. The SMILES string of the molecule is Cn1nnnc1-c1cccc(NC(=O)Cc2ccc3c(c2)CCCC3)c1. The maximum Gasteiger partial charge on any atom is 0.228 e. The first-order chi connectivity index (χ1) is 12.7. The molecule has 0 bridgehead atoms. The standard InChI is InChI=1S/C20H21N5O/c1-25-20(22-23-24-25)17-7-4-8-18(13-17)21-19(26)12-14-9-10-15-5-2-3-6-16(15)11-14/h4,7-11,13H,2-3,5-6,12H2,1H3,(H,21,26). The maximum absolute atomic E-state index is 12.5. The summed E-state index contributed by atoms with van der Waals surface area (Å²) in [7, 11) is 1.79. The fourth-order valence-corrected chi connectivity index (χ4v) is 3.50. The van der Waals surface area contributed by atoms with Crippen LogP contribution in [0.25, 0.3) is 11.4 Å². The van der Waals surface area contributed by atoms with E-state index < -0.39 is 0 Å². The fourth-order valence-electron chi connectivity index (χ4n) is 3.50. The van der Waals surface area contributed by atoms with Gasteiger partial charge in [-0.15, -0.1) is 5.10 Å². The topological polar surface area (TPSA) is 72.7 Å². The van der Waals surface area contributed by atoms with Gasteiger partial charge >= 0.3 is 0 Å². The molecule has 6 heteroatoms. The van der Waals surface area contributed by atoms with Gasteiger partial charge < -0.3 is 5.32 Å². The monoisotopic (exact) mass is 347 g/mol. The lowest BCUT2D eigenvalue weighted by Gasteiger charge is -2.16. The Kier molecular flexibility index (Phi) is 4.48. The summed E-state index contributed by atoms with van der Waals surface area (Å²) in [5.74, 6) is 0.643. The van der Waals surface area contributed by atoms with Crippen LogP contribution in [-0.4, -0.2) is 26.1 Å². The lowest BCUT2D eigenvalue weighted by molar-refractivity contribution is -0.115. The van der Waals surface area contributed by atoms with Gasteiger partial charge in [-0.05, 0) is 64.9 Å². The number of tetrazole rings is 1. The summed E-state index contributed by atoms with van der Waals surface area (Å²) in [4.78, 5) is 12.5. The summed E-state index contributed by atoms with van der Waals surface area (Å²) in [6.07, 6.45) is 5.17. The molecule has 0 unspecified atom stereocenters. The molecular weight excluding hydrogens is 326 g/mol. The third kappa shape index (κ3) is 3.49. The highest BCUT2D eigenvalue weighted by atomic mass is 16.1. The third-order valence-corrected chi connectivity index (χ3v) is 4.80. The molecule has 0 saturated carbocycles. The Morgan fingerprint density at radius 2 is 1.96 bits per heavy atom. The zero-order chi connectivity index (χ0) is 17.9. The summed E-state index contributed by atoms with van der Waals surface area (Å²) in [6, 6.07) is 14.0. The molecule has 0 aliphatic heterocycles. The maximum atomic E-state index is 12.5. The zero-order valence-corrected chi connectivity index (χ0v) is 14.8. The van der Waals surface area contributed by atoms with Gasteiger partial charge in [-0.25, -0.2) is 4.68 Å². The number of nitrogens with one attached hydrogen (secondary N) is 1. The van der Waals surface area contributed by atoms with Crippen LogP contribution >= 0.6 is 0 Å². The van der Waals surface area contributed by atoms with Crippen molar-refractivity contribution in [2.45, 2.75) is 32.1 Å². The van der Waals surface area contributed by atoms with Crippen molar-refractivity contribution in [3.8, 4) is 11.4 Å². The minimum Gasteiger partial charge on any atom is -0.326 e. The van der Waals surface area contributed by atoms with E-state index >= 15 is 0 Å². The van der Waals surface area contributed by atoms with E-state index in [1.807, 2.05) is 24.3 Å². The first-order valence-electron chi connectivity index (χ1n) is 8.92. The average molecular weight is 347 g/mol. The highest BCUT2D eigenvalue weighted by Crippen LogP contribution is 2.23. The Bertz CT molecular complexity index is 947. The van der Waals surface area contributed by atoms with E-state index in [9.17, 15) is 4.79 Å². The van der Waals surface area contributed by atoms with E-state index in [0.717, 1.165) is 29.7 Å². The normalized spacial score (nSPS) is 13.3. The molecule has 1 aliphatic carbocycles. The molecule has 1 aliphatic rings. The number of hydrogen-bond acceptors (Lipinski definition) is 4. The average Bonchev–Trinajstić information content (AvgIpc) is 3.08. The predicted molar refractivity (Wildman–Crippen MR) is 99.7 cm³/mol. The number of carbonyl (C=O) groups is 1. The quantitative estimate of drug-likeness (QED) is 0.787. The van der Waals surface area contributed by atoms with Crippen molar-refractivity contribution in [1.82, 2.24) is 20.2 Å². The van der Waals surface area contributed by atoms with Gasteiger partial charge in [0.15, 0.2) is 5.82 Å². The number of carbonyl (C=O) groups excluding carboxylic acids is 1. The minimum atomic E-state index is -0.0194. The summed E-state index contributed by atoms with van der Waals surface area (Å²) < 4.78 is 1.61. The van der Waals surface area contributed by atoms with Crippen molar-refractivity contribution in [2.75, 3.05) is 5.32 Å². The molecular formula is C20H21N5O. The molecule has 0 saturated heterocycles.